The van der Waals surface area contributed by atoms with E-state index in [1.54, 1.807) is 36.4 Å². The van der Waals surface area contributed by atoms with Gasteiger partial charge in [-0.05, 0) is 30.3 Å². The van der Waals surface area contributed by atoms with E-state index in [-0.39, 0.29) is 23.6 Å². The number of anilines is 1. The molecule has 0 unspecified atom stereocenters. The minimum Gasteiger partial charge on any atom is -0.497 e. The standard InChI is InChI=1S/C17H17NO5/c1-22-12-7-8-15(23-2)11(9-12)10-16(19)18-14-6-4-3-5-13(14)17(20)21/h3-9H,10H2,1-2H3,(H,18,19)(H,20,21). The van der Waals surface area contributed by atoms with Gasteiger partial charge in [0.25, 0.3) is 0 Å². The van der Waals surface area contributed by atoms with Crippen molar-refractivity contribution in [3.05, 3.63) is 53.6 Å². The highest BCUT2D eigenvalue weighted by Crippen LogP contribution is 2.25. The van der Waals surface area contributed by atoms with Crippen LogP contribution in [0.5, 0.6) is 11.5 Å². The third-order valence-corrected chi connectivity index (χ3v) is 3.27. The molecule has 0 bridgehead atoms. The third-order valence-electron chi connectivity index (χ3n) is 3.27. The maximum atomic E-state index is 12.2. The fourth-order valence-corrected chi connectivity index (χ4v) is 2.17. The van der Waals surface area contributed by atoms with Crippen LogP contribution in [0.25, 0.3) is 0 Å². The second-order valence-corrected chi connectivity index (χ2v) is 4.75. The smallest absolute Gasteiger partial charge is 0.337 e. The Balaban J connectivity index is 2.19. The highest BCUT2D eigenvalue weighted by atomic mass is 16.5. The zero-order chi connectivity index (χ0) is 16.8. The number of benzene rings is 2. The first-order valence-corrected chi connectivity index (χ1v) is 6.88. The number of para-hydroxylation sites is 1. The predicted molar refractivity (Wildman–Crippen MR) is 85.3 cm³/mol. The molecule has 0 aliphatic heterocycles. The summed E-state index contributed by atoms with van der Waals surface area (Å²) >= 11 is 0. The van der Waals surface area contributed by atoms with Crippen molar-refractivity contribution in [2.24, 2.45) is 0 Å². The second kappa shape index (κ2) is 7.31. The third kappa shape index (κ3) is 4.00. The molecule has 0 aliphatic rings. The first-order chi connectivity index (χ1) is 11.0. The maximum absolute atomic E-state index is 12.2. The topological polar surface area (TPSA) is 84.9 Å². The molecule has 1 amide bonds. The van der Waals surface area contributed by atoms with Crippen LogP contribution >= 0.6 is 0 Å². The number of carbonyl (C=O) groups is 2. The number of rotatable bonds is 6. The van der Waals surface area contributed by atoms with Crippen molar-refractivity contribution in [1.82, 2.24) is 0 Å². The first-order valence-electron chi connectivity index (χ1n) is 6.88. The second-order valence-electron chi connectivity index (χ2n) is 4.75. The molecule has 120 valence electrons. The van der Waals surface area contributed by atoms with E-state index < -0.39 is 5.97 Å². The van der Waals surface area contributed by atoms with E-state index >= 15 is 0 Å². The van der Waals surface area contributed by atoms with E-state index in [0.29, 0.717) is 17.1 Å². The first kappa shape index (κ1) is 16.4. The van der Waals surface area contributed by atoms with Gasteiger partial charge < -0.3 is 19.9 Å². The Bertz CT molecular complexity index is 727. The molecule has 6 heteroatoms. The number of amides is 1. The summed E-state index contributed by atoms with van der Waals surface area (Å²) in [7, 11) is 3.05. The van der Waals surface area contributed by atoms with Crippen LogP contribution < -0.4 is 14.8 Å². The normalized spacial score (nSPS) is 10.0. The summed E-state index contributed by atoms with van der Waals surface area (Å²) in [6.07, 6.45) is 0.0360. The average molecular weight is 315 g/mol. The lowest BCUT2D eigenvalue weighted by atomic mass is 10.1. The van der Waals surface area contributed by atoms with Crippen molar-refractivity contribution in [3.63, 3.8) is 0 Å². The zero-order valence-corrected chi connectivity index (χ0v) is 12.8. The van der Waals surface area contributed by atoms with E-state index in [2.05, 4.69) is 5.32 Å². The minimum absolute atomic E-state index is 0.0360. The molecule has 2 N–H and O–H groups in total. The molecule has 6 nitrogen and oxygen atoms in total. The Morgan fingerprint density at radius 3 is 2.48 bits per heavy atom. The van der Waals surface area contributed by atoms with Crippen molar-refractivity contribution in [2.45, 2.75) is 6.42 Å². The molecule has 0 aromatic heterocycles. The van der Waals surface area contributed by atoms with Crippen LogP contribution in [0.2, 0.25) is 0 Å². The van der Waals surface area contributed by atoms with Crippen LogP contribution in [0.15, 0.2) is 42.5 Å². The van der Waals surface area contributed by atoms with E-state index in [1.807, 2.05) is 0 Å². The lowest BCUT2D eigenvalue weighted by Gasteiger charge is -2.12. The quantitative estimate of drug-likeness (QED) is 0.856. The van der Waals surface area contributed by atoms with Crippen molar-refractivity contribution < 1.29 is 24.2 Å². The summed E-state index contributed by atoms with van der Waals surface area (Å²) < 4.78 is 10.4. The molecular weight excluding hydrogens is 298 g/mol. The van der Waals surface area contributed by atoms with Gasteiger partial charge in [0.2, 0.25) is 5.91 Å². The molecule has 2 aromatic carbocycles. The monoisotopic (exact) mass is 315 g/mol. The number of nitrogens with one attached hydrogen (secondary N) is 1. The van der Waals surface area contributed by atoms with Crippen LogP contribution in [-0.2, 0) is 11.2 Å². The van der Waals surface area contributed by atoms with Crippen LogP contribution in [0.4, 0.5) is 5.69 Å². The Hall–Kier alpha value is -3.02. The Labute approximate surface area is 133 Å². The number of ether oxygens (including phenoxy) is 2. The fourth-order valence-electron chi connectivity index (χ4n) is 2.17. The molecule has 0 saturated carbocycles. The molecule has 2 aromatic rings. The lowest BCUT2D eigenvalue weighted by Crippen LogP contribution is -2.17. The average Bonchev–Trinajstić information content (AvgIpc) is 2.55. The van der Waals surface area contributed by atoms with E-state index in [0.717, 1.165) is 0 Å². The fraction of sp³-hybridized carbons (Fsp3) is 0.176. The van der Waals surface area contributed by atoms with Gasteiger partial charge in [0.1, 0.15) is 11.5 Å². The van der Waals surface area contributed by atoms with Crippen molar-refractivity contribution >= 4 is 17.6 Å². The number of aromatic carboxylic acids is 1. The summed E-state index contributed by atoms with van der Waals surface area (Å²) in [6, 6.07) is 11.4. The van der Waals surface area contributed by atoms with Gasteiger partial charge in [-0.3, -0.25) is 4.79 Å². The number of hydrogen-bond acceptors (Lipinski definition) is 4. The van der Waals surface area contributed by atoms with Gasteiger partial charge in [-0.25, -0.2) is 4.79 Å². The van der Waals surface area contributed by atoms with Gasteiger partial charge >= 0.3 is 5.97 Å². The van der Waals surface area contributed by atoms with Gasteiger partial charge in [0, 0.05) is 5.56 Å². The molecule has 23 heavy (non-hydrogen) atoms. The molecule has 2 rings (SSSR count). The number of carboxylic acids is 1. The molecule has 0 spiro atoms. The van der Waals surface area contributed by atoms with Gasteiger partial charge in [0.05, 0.1) is 31.9 Å². The summed E-state index contributed by atoms with van der Waals surface area (Å²) in [6.45, 7) is 0. The maximum Gasteiger partial charge on any atom is 0.337 e. The van der Waals surface area contributed by atoms with Crippen molar-refractivity contribution in [2.75, 3.05) is 19.5 Å². The number of methoxy groups -OCH3 is 2. The van der Waals surface area contributed by atoms with E-state index in [4.69, 9.17) is 14.6 Å². The number of carboxylic acid groups (broad SMARTS) is 1. The van der Waals surface area contributed by atoms with Crippen LogP contribution in [-0.4, -0.2) is 31.2 Å². The summed E-state index contributed by atoms with van der Waals surface area (Å²) in [5, 5.41) is 11.7. The largest absolute Gasteiger partial charge is 0.497 e. The summed E-state index contributed by atoms with van der Waals surface area (Å²) in [4.78, 5) is 23.4. The molecule has 0 heterocycles. The highest BCUT2D eigenvalue weighted by Gasteiger charge is 2.14. The van der Waals surface area contributed by atoms with Crippen molar-refractivity contribution in [3.8, 4) is 11.5 Å². The number of carbonyl (C=O) groups excluding carboxylic acids is 1. The minimum atomic E-state index is -1.10. The highest BCUT2D eigenvalue weighted by molar-refractivity contribution is 6.01. The zero-order valence-electron chi connectivity index (χ0n) is 12.8. The van der Waals surface area contributed by atoms with Gasteiger partial charge in [-0.1, -0.05) is 12.1 Å². The number of hydrogen-bond donors (Lipinski definition) is 2. The van der Waals surface area contributed by atoms with Crippen LogP contribution in [0, 0.1) is 0 Å². The molecule has 0 radical (unpaired) electrons. The van der Waals surface area contributed by atoms with Crippen molar-refractivity contribution in [1.29, 1.82) is 0 Å². The summed E-state index contributed by atoms with van der Waals surface area (Å²) in [5.41, 5.74) is 0.947. The summed E-state index contributed by atoms with van der Waals surface area (Å²) in [5.74, 6) is -0.267. The molecule has 0 fully saturated rings. The Morgan fingerprint density at radius 1 is 1.09 bits per heavy atom. The molecule has 0 atom stereocenters. The van der Waals surface area contributed by atoms with Gasteiger partial charge in [-0.15, -0.1) is 0 Å². The van der Waals surface area contributed by atoms with Gasteiger partial charge in [0.15, 0.2) is 0 Å². The molecule has 0 saturated heterocycles. The van der Waals surface area contributed by atoms with E-state index in [1.165, 1.54) is 20.3 Å². The molecular formula is C17H17NO5. The van der Waals surface area contributed by atoms with Crippen LogP contribution in [0.1, 0.15) is 15.9 Å². The SMILES string of the molecule is COc1ccc(OC)c(CC(=O)Nc2ccccc2C(=O)O)c1. The lowest BCUT2D eigenvalue weighted by molar-refractivity contribution is -0.115. The van der Waals surface area contributed by atoms with Gasteiger partial charge in [-0.2, -0.15) is 0 Å². The molecule has 0 aliphatic carbocycles. The van der Waals surface area contributed by atoms with Crippen LogP contribution in [0.3, 0.4) is 0 Å². The van der Waals surface area contributed by atoms with E-state index in [9.17, 15) is 9.59 Å². The Kier molecular flexibility index (Phi) is 5.19. The Morgan fingerprint density at radius 2 is 1.83 bits per heavy atom. The predicted octanol–water partition coefficient (Wildman–Crippen LogP) is 2.58.